The van der Waals surface area contributed by atoms with Crippen LogP contribution in [0.25, 0.3) is 0 Å². The summed E-state index contributed by atoms with van der Waals surface area (Å²) in [4.78, 5) is 12.0. The smallest absolute Gasteiger partial charge is 0.192 e. The van der Waals surface area contributed by atoms with E-state index < -0.39 is 8.32 Å². The molecular formula is C15H28O2Si. The minimum absolute atomic E-state index is 0.0959. The van der Waals surface area contributed by atoms with Gasteiger partial charge in [-0.05, 0) is 37.0 Å². The fraction of sp³-hybridized carbons (Fsp3) is 0.800. The summed E-state index contributed by atoms with van der Waals surface area (Å²) in [7, 11) is -1.76. The van der Waals surface area contributed by atoms with Crippen LogP contribution < -0.4 is 0 Å². The third kappa shape index (κ3) is 3.12. The van der Waals surface area contributed by atoms with Gasteiger partial charge in [0.25, 0.3) is 0 Å². The molecule has 0 aromatic heterocycles. The molecule has 0 aliphatic heterocycles. The summed E-state index contributed by atoms with van der Waals surface area (Å²) in [6.45, 7) is 17.2. The molecule has 0 bridgehead atoms. The highest BCUT2D eigenvalue weighted by atomic mass is 28.4. The third-order valence-electron chi connectivity index (χ3n) is 4.37. The topological polar surface area (TPSA) is 26.3 Å². The van der Waals surface area contributed by atoms with Crippen molar-refractivity contribution in [1.82, 2.24) is 0 Å². The van der Waals surface area contributed by atoms with Crippen LogP contribution in [0.4, 0.5) is 0 Å². The first-order valence-electron chi connectivity index (χ1n) is 6.78. The van der Waals surface area contributed by atoms with E-state index in [0.29, 0.717) is 0 Å². The third-order valence-corrected chi connectivity index (χ3v) is 8.88. The van der Waals surface area contributed by atoms with Crippen molar-refractivity contribution < 1.29 is 9.22 Å². The highest BCUT2D eigenvalue weighted by molar-refractivity contribution is 6.74. The number of carbonyl (C=O) groups is 1. The molecule has 0 radical (unpaired) electrons. The molecule has 0 heterocycles. The van der Waals surface area contributed by atoms with Crippen molar-refractivity contribution in [2.45, 2.75) is 72.2 Å². The van der Waals surface area contributed by atoms with Gasteiger partial charge in [-0.2, -0.15) is 0 Å². The van der Waals surface area contributed by atoms with E-state index >= 15 is 0 Å². The van der Waals surface area contributed by atoms with Crippen molar-refractivity contribution >= 4 is 14.1 Å². The Morgan fingerprint density at radius 3 is 2.22 bits per heavy atom. The molecular weight excluding hydrogens is 240 g/mol. The normalized spacial score (nSPS) is 25.0. The standard InChI is InChI=1S/C15H28O2Si/c1-11-9-12(10-15(5,6)13(11)16)17-18(7,8)14(2,3)4/h9,12H,10H2,1-8H3. The molecule has 1 rings (SSSR count). The summed E-state index contributed by atoms with van der Waals surface area (Å²) in [6.07, 6.45) is 2.92. The molecule has 1 atom stereocenters. The van der Waals surface area contributed by atoms with Gasteiger partial charge in [0.15, 0.2) is 14.1 Å². The van der Waals surface area contributed by atoms with Gasteiger partial charge in [-0.3, -0.25) is 4.79 Å². The van der Waals surface area contributed by atoms with Crippen LogP contribution in [0, 0.1) is 5.41 Å². The van der Waals surface area contributed by atoms with Crippen LogP contribution in [0.15, 0.2) is 11.6 Å². The zero-order valence-electron chi connectivity index (χ0n) is 13.2. The molecule has 18 heavy (non-hydrogen) atoms. The number of carbonyl (C=O) groups excluding carboxylic acids is 1. The molecule has 0 aromatic carbocycles. The summed E-state index contributed by atoms with van der Waals surface area (Å²) >= 11 is 0. The minimum Gasteiger partial charge on any atom is -0.411 e. The van der Waals surface area contributed by atoms with Gasteiger partial charge in [0, 0.05) is 5.41 Å². The lowest BCUT2D eigenvalue weighted by atomic mass is 9.75. The molecule has 1 unspecified atom stereocenters. The van der Waals surface area contributed by atoms with Crippen molar-refractivity contribution in [3.05, 3.63) is 11.6 Å². The Hall–Kier alpha value is -0.413. The van der Waals surface area contributed by atoms with E-state index in [4.69, 9.17) is 4.43 Å². The van der Waals surface area contributed by atoms with Gasteiger partial charge in [0.2, 0.25) is 0 Å². The average Bonchev–Trinajstić information content (AvgIpc) is 2.10. The Balaban J connectivity index is 2.91. The SMILES string of the molecule is CC1=CC(O[Si](C)(C)C(C)(C)C)CC(C)(C)C1=O. The highest BCUT2D eigenvalue weighted by Crippen LogP contribution is 2.40. The van der Waals surface area contributed by atoms with Gasteiger partial charge in [-0.1, -0.05) is 40.7 Å². The summed E-state index contributed by atoms with van der Waals surface area (Å²) in [6, 6.07) is 0. The van der Waals surface area contributed by atoms with Crippen LogP contribution in [0.3, 0.4) is 0 Å². The maximum atomic E-state index is 12.0. The molecule has 1 aliphatic carbocycles. The van der Waals surface area contributed by atoms with Crippen molar-refractivity contribution in [2.75, 3.05) is 0 Å². The Kier molecular flexibility index (Phi) is 4.00. The Labute approximate surface area is 113 Å². The second-order valence-corrected chi connectivity index (χ2v) is 12.4. The number of Topliss-reactive ketones (excluding diaryl/α,β-unsaturated/α-hetero) is 1. The number of allylic oxidation sites excluding steroid dienone is 1. The number of ketones is 1. The fourth-order valence-corrected chi connectivity index (χ4v) is 3.44. The van der Waals surface area contributed by atoms with Gasteiger partial charge >= 0.3 is 0 Å². The maximum Gasteiger partial charge on any atom is 0.192 e. The molecule has 1 aliphatic rings. The van der Waals surface area contributed by atoms with Crippen molar-refractivity contribution in [3.8, 4) is 0 Å². The van der Waals surface area contributed by atoms with E-state index in [1.165, 1.54) is 0 Å². The van der Waals surface area contributed by atoms with E-state index in [2.05, 4.69) is 33.9 Å². The van der Waals surface area contributed by atoms with E-state index in [0.717, 1.165) is 12.0 Å². The lowest BCUT2D eigenvalue weighted by molar-refractivity contribution is -0.125. The minimum atomic E-state index is -1.76. The summed E-state index contributed by atoms with van der Waals surface area (Å²) < 4.78 is 6.41. The molecule has 0 saturated carbocycles. The number of hydrogen-bond donors (Lipinski definition) is 0. The molecule has 0 spiro atoms. The van der Waals surface area contributed by atoms with E-state index in [1.54, 1.807) is 0 Å². The monoisotopic (exact) mass is 268 g/mol. The first-order chi connectivity index (χ1) is 7.87. The van der Waals surface area contributed by atoms with Crippen LogP contribution in [0.5, 0.6) is 0 Å². The first kappa shape index (κ1) is 15.6. The van der Waals surface area contributed by atoms with Gasteiger partial charge in [0.05, 0.1) is 6.10 Å². The molecule has 0 fully saturated rings. The zero-order chi connectivity index (χ0) is 14.4. The van der Waals surface area contributed by atoms with E-state index in [-0.39, 0.29) is 22.3 Å². The largest absolute Gasteiger partial charge is 0.411 e. The summed E-state index contributed by atoms with van der Waals surface area (Å²) in [5.41, 5.74) is 0.571. The predicted octanol–water partition coefficient (Wildman–Crippen LogP) is 4.32. The van der Waals surface area contributed by atoms with Crippen LogP contribution in [0.2, 0.25) is 18.1 Å². The highest BCUT2D eigenvalue weighted by Gasteiger charge is 2.42. The molecule has 0 amide bonds. The summed E-state index contributed by atoms with van der Waals surface area (Å²) in [5, 5.41) is 0.209. The lowest BCUT2D eigenvalue weighted by Crippen LogP contribution is -2.46. The van der Waals surface area contributed by atoms with Crippen LogP contribution in [-0.4, -0.2) is 20.2 Å². The second kappa shape index (κ2) is 4.60. The molecule has 2 nitrogen and oxygen atoms in total. The molecule has 0 saturated heterocycles. The Bertz CT molecular complexity index is 372. The second-order valence-electron chi connectivity index (χ2n) is 7.68. The quantitative estimate of drug-likeness (QED) is 0.697. The maximum absolute atomic E-state index is 12.0. The lowest BCUT2D eigenvalue weighted by Gasteiger charge is -2.41. The first-order valence-corrected chi connectivity index (χ1v) is 9.69. The van der Waals surface area contributed by atoms with Gasteiger partial charge in [-0.15, -0.1) is 0 Å². The zero-order valence-corrected chi connectivity index (χ0v) is 14.2. The van der Waals surface area contributed by atoms with Crippen LogP contribution in [-0.2, 0) is 9.22 Å². The summed E-state index contributed by atoms with van der Waals surface area (Å²) in [5.74, 6) is 0.262. The molecule has 0 aromatic rings. The van der Waals surface area contributed by atoms with Gasteiger partial charge in [-0.25, -0.2) is 0 Å². The van der Waals surface area contributed by atoms with E-state index in [1.807, 2.05) is 26.8 Å². The van der Waals surface area contributed by atoms with E-state index in [9.17, 15) is 4.79 Å². The Morgan fingerprint density at radius 2 is 1.83 bits per heavy atom. The van der Waals surface area contributed by atoms with Crippen LogP contribution >= 0.6 is 0 Å². The van der Waals surface area contributed by atoms with Gasteiger partial charge in [0.1, 0.15) is 0 Å². The van der Waals surface area contributed by atoms with Gasteiger partial charge < -0.3 is 4.43 Å². The van der Waals surface area contributed by atoms with Crippen molar-refractivity contribution in [2.24, 2.45) is 5.41 Å². The van der Waals surface area contributed by atoms with Crippen LogP contribution in [0.1, 0.15) is 48.0 Å². The Morgan fingerprint density at radius 1 is 1.33 bits per heavy atom. The predicted molar refractivity (Wildman–Crippen MR) is 79.2 cm³/mol. The molecule has 0 N–H and O–H groups in total. The molecule has 104 valence electrons. The van der Waals surface area contributed by atoms with Crippen molar-refractivity contribution in [3.63, 3.8) is 0 Å². The number of hydrogen-bond acceptors (Lipinski definition) is 2. The average molecular weight is 268 g/mol. The fourth-order valence-electron chi connectivity index (χ4n) is 2.17. The molecule has 3 heteroatoms. The number of rotatable bonds is 2. The van der Waals surface area contributed by atoms with Crippen molar-refractivity contribution in [1.29, 1.82) is 0 Å².